The highest BCUT2D eigenvalue weighted by atomic mass is 32.2. The number of para-hydroxylation sites is 1. The maximum absolute atomic E-state index is 13.3. The van der Waals surface area contributed by atoms with E-state index in [1.807, 2.05) is 35.9 Å². The van der Waals surface area contributed by atoms with Crippen LogP contribution in [0.1, 0.15) is 16.7 Å². The fourth-order valence-corrected chi connectivity index (χ4v) is 7.09. The molecule has 0 aliphatic carbocycles. The Morgan fingerprint density at radius 2 is 1.41 bits per heavy atom. The molecule has 5 rings (SSSR count). The van der Waals surface area contributed by atoms with Gasteiger partial charge in [-0.1, -0.05) is 53.6 Å². The molecule has 41 heavy (non-hydrogen) atoms. The molecule has 0 bridgehead atoms. The Hall–Kier alpha value is -3.10. The quantitative estimate of drug-likeness (QED) is 0.292. The maximum atomic E-state index is 13.3. The first-order valence-corrected chi connectivity index (χ1v) is 15.7. The van der Waals surface area contributed by atoms with Crippen LogP contribution in [0.25, 0.3) is 10.9 Å². The minimum Gasteiger partial charge on any atom is -0.387 e. The van der Waals surface area contributed by atoms with Crippen LogP contribution in [0.2, 0.25) is 0 Å². The monoisotopic (exact) mass is 601 g/mol. The summed E-state index contributed by atoms with van der Waals surface area (Å²) >= 11 is 0. The third-order valence-electron chi connectivity index (χ3n) is 7.16. The van der Waals surface area contributed by atoms with Crippen molar-refractivity contribution in [2.75, 3.05) is 6.61 Å². The van der Waals surface area contributed by atoms with Gasteiger partial charge in [0.15, 0.2) is 6.10 Å². The highest BCUT2D eigenvalue weighted by Crippen LogP contribution is 2.36. The molecule has 10 nitrogen and oxygen atoms in total. The Labute approximate surface area is 239 Å². The second-order valence-corrected chi connectivity index (χ2v) is 13.4. The van der Waals surface area contributed by atoms with Crippen LogP contribution in [-0.4, -0.2) is 62.3 Å². The first-order valence-electron chi connectivity index (χ1n) is 12.9. The molecule has 1 aliphatic rings. The lowest BCUT2D eigenvalue weighted by molar-refractivity contribution is -0.309. The van der Waals surface area contributed by atoms with Gasteiger partial charge in [0.25, 0.3) is 20.2 Å². The summed E-state index contributed by atoms with van der Waals surface area (Å²) in [6.45, 7) is 3.02. The van der Waals surface area contributed by atoms with Gasteiger partial charge >= 0.3 is 0 Å². The average molecular weight is 602 g/mol. The van der Waals surface area contributed by atoms with Crippen molar-refractivity contribution in [2.24, 2.45) is 7.05 Å². The molecule has 3 aromatic carbocycles. The second kappa shape index (κ2) is 11.0. The molecule has 0 unspecified atom stereocenters. The zero-order valence-corrected chi connectivity index (χ0v) is 24.3. The fourth-order valence-electron chi connectivity index (χ4n) is 4.90. The van der Waals surface area contributed by atoms with Gasteiger partial charge in [0.2, 0.25) is 5.79 Å². The third kappa shape index (κ3) is 5.95. The number of benzene rings is 3. The van der Waals surface area contributed by atoms with E-state index in [2.05, 4.69) is 0 Å². The summed E-state index contributed by atoms with van der Waals surface area (Å²) < 4.78 is 70.9. The molecule has 2 N–H and O–H groups in total. The van der Waals surface area contributed by atoms with Crippen molar-refractivity contribution in [3.05, 3.63) is 95.7 Å². The molecule has 1 aliphatic heterocycles. The number of hydrogen-bond acceptors (Lipinski definition) is 9. The Morgan fingerprint density at radius 3 is 2.00 bits per heavy atom. The van der Waals surface area contributed by atoms with Gasteiger partial charge in [-0.25, -0.2) is 0 Å². The number of aliphatic hydroxyl groups is 2. The second-order valence-electron chi connectivity index (χ2n) is 10.3. The number of hydrogen-bond donors (Lipinski definition) is 2. The van der Waals surface area contributed by atoms with E-state index in [0.29, 0.717) is 5.56 Å². The van der Waals surface area contributed by atoms with Gasteiger partial charge in [0.1, 0.15) is 12.2 Å². The van der Waals surface area contributed by atoms with E-state index < -0.39 is 50.9 Å². The lowest BCUT2D eigenvalue weighted by atomic mass is 9.91. The number of fused-ring (bicyclic) bond motifs is 1. The number of ether oxygens (including phenoxy) is 1. The molecule has 1 saturated heterocycles. The summed E-state index contributed by atoms with van der Waals surface area (Å²) in [6, 6.07) is 19.1. The summed E-state index contributed by atoms with van der Waals surface area (Å²) in [4.78, 5) is -0.366. The van der Waals surface area contributed by atoms with Crippen molar-refractivity contribution < 1.29 is 40.2 Å². The summed E-state index contributed by atoms with van der Waals surface area (Å²) in [5.74, 6) is -2.37. The maximum Gasteiger partial charge on any atom is 0.297 e. The smallest absolute Gasteiger partial charge is 0.297 e. The molecule has 4 aromatic rings. The van der Waals surface area contributed by atoms with Gasteiger partial charge < -0.3 is 19.5 Å². The molecule has 1 fully saturated rings. The summed E-state index contributed by atoms with van der Waals surface area (Å²) in [5.41, 5.74) is 3.11. The van der Waals surface area contributed by atoms with Crippen molar-refractivity contribution in [3.63, 3.8) is 0 Å². The van der Waals surface area contributed by atoms with E-state index in [0.717, 1.165) is 22.0 Å². The van der Waals surface area contributed by atoms with E-state index in [1.54, 1.807) is 44.3 Å². The van der Waals surface area contributed by atoms with E-state index in [-0.39, 0.29) is 16.2 Å². The molecule has 0 spiro atoms. The van der Waals surface area contributed by atoms with Gasteiger partial charge in [0.05, 0.1) is 16.4 Å². The van der Waals surface area contributed by atoms with Gasteiger partial charge in [-0.15, -0.1) is 0 Å². The standard InChI is InChI=1S/C29H31NO9S2/c1-19-8-12-22(13-9-19)40(33,34)38-26-18-37-29(32,16-21-17-30(3)25-7-5-4-6-24(21)25)28(27(26)31)39-41(35,36)23-14-10-20(2)11-15-23/h4-15,17,26-28,31-32H,16,18H2,1-3H3/t26-,27+,28-,29+/m0/s1. The van der Waals surface area contributed by atoms with Gasteiger partial charge in [-0.05, 0) is 49.7 Å². The average Bonchev–Trinajstić information content (AvgIpc) is 3.23. The van der Waals surface area contributed by atoms with Crippen LogP contribution in [0.3, 0.4) is 0 Å². The first kappa shape index (κ1) is 29.4. The Morgan fingerprint density at radius 1 is 0.878 bits per heavy atom. The van der Waals surface area contributed by atoms with E-state index in [9.17, 15) is 27.0 Å². The van der Waals surface area contributed by atoms with Crippen LogP contribution in [0.15, 0.2) is 88.8 Å². The highest BCUT2D eigenvalue weighted by molar-refractivity contribution is 7.87. The first-order chi connectivity index (χ1) is 19.3. The van der Waals surface area contributed by atoms with Gasteiger partial charge in [-0.3, -0.25) is 8.37 Å². The third-order valence-corrected chi connectivity index (χ3v) is 9.82. The van der Waals surface area contributed by atoms with Crippen molar-refractivity contribution in [3.8, 4) is 0 Å². The van der Waals surface area contributed by atoms with Crippen molar-refractivity contribution >= 4 is 31.1 Å². The number of rotatable bonds is 8. The molecule has 0 amide bonds. The highest BCUT2D eigenvalue weighted by Gasteiger charge is 2.54. The molecule has 2 heterocycles. The Balaban J connectivity index is 1.50. The van der Waals surface area contributed by atoms with Crippen molar-refractivity contribution in [1.29, 1.82) is 0 Å². The number of aryl methyl sites for hydroxylation is 3. The van der Waals surface area contributed by atoms with Gasteiger partial charge in [-0.2, -0.15) is 16.8 Å². The molecule has 12 heteroatoms. The SMILES string of the molecule is Cc1ccc(S(=O)(=O)O[C@H]2CO[C@](O)(Cc3cn(C)c4ccccc34)[C@@H](OS(=O)(=O)c3ccc(C)cc3)[C@@H]2O)cc1. The largest absolute Gasteiger partial charge is 0.387 e. The molecule has 0 saturated carbocycles. The predicted molar refractivity (Wildman–Crippen MR) is 150 cm³/mol. The number of aliphatic hydroxyl groups excluding tert-OH is 1. The van der Waals surface area contributed by atoms with Crippen LogP contribution in [0, 0.1) is 13.8 Å². The van der Waals surface area contributed by atoms with Gasteiger partial charge in [0, 0.05) is 30.6 Å². The molecule has 4 atom stereocenters. The van der Waals surface area contributed by atoms with Crippen LogP contribution < -0.4 is 0 Å². The topological polar surface area (TPSA) is 141 Å². The van der Waals surface area contributed by atoms with Crippen LogP contribution >= 0.6 is 0 Å². The van der Waals surface area contributed by atoms with E-state index in [4.69, 9.17) is 13.1 Å². The van der Waals surface area contributed by atoms with Crippen LogP contribution in [0.5, 0.6) is 0 Å². The van der Waals surface area contributed by atoms with Crippen LogP contribution in [-0.2, 0) is 46.8 Å². The summed E-state index contributed by atoms with van der Waals surface area (Å²) in [6.07, 6.45) is -3.94. The minimum absolute atomic E-state index is 0.156. The molecular weight excluding hydrogens is 570 g/mol. The Bertz CT molecular complexity index is 1770. The molecule has 1 aromatic heterocycles. The van der Waals surface area contributed by atoms with Crippen molar-refractivity contribution in [2.45, 2.75) is 54.2 Å². The lowest BCUT2D eigenvalue weighted by Crippen LogP contribution is -2.64. The summed E-state index contributed by atoms with van der Waals surface area (Å²) in [7, 11) is -7.11. The predicted octanol–water partition coefficient (Wildman–Crippen LogP) is 2.97. The summed E-state index contributed by atoms with van der Waals surface area (Å²) in [5, 5.41) is 23.9. The van der Waals surface area contributed by atoms with E-state index in [1.165, 1.54) is 24.3 Å². The zero-order valence-electron chi connectivity index (χ0n) is 22.7. The zero-order chi connectivity index (χ0) is 29.6. The van der Waals surface area contributed by atoms with Crippen molar-refractivity contribution in [1.82, 2.24) is 4.57 Å². The van der Waals surface area contributed by atoms with E-state index >= 15 is 0 Å². The lowest BCUT2D eigenvalue weighted by Gasteiger charge is -2.44. The van der Waals surface area contributed by atoms with Crippen LogP contribution in [0.4, 0.5) is 0 Å². The minimum atomic E-state index is -4.54. The normalized spacial score (nSPS) is 23.6. The molecule has 0 radical (unpaired) electrons. The Kier molecular flexibility index (Phi) is 7.85. The molecular formula is C29H31NO9S2. The fraction of sp³-hybridized carbons (Fsp3) is 0.310. The molecule has 218 valence electrons. The number of nitrogens with zero attached hydrogens (tertiary/aromatic N) is 1. The number of aromatic nitrogens is 1.